The van der Waals surface area contributed by atoms with Gasteiger partial charge < -0.3 is 10.1 Å². The van der Waals surface area contributed by atoms with Gasteiger partial charge in [0, 0.05) is 24.2 Å². The van der Waals surface area contributed by atoms with E-state index in [0.717, 1.165) is 12.2 Å². The van der Waals surface area contributed by atoms with Gasteiger partial charge in [-0.3, -0.25) is 14.5 Å². The van der Waals surface area contributed by atoms with Crippen LogP contribution in [0.25, 0.3) is 0 Å². The van der Waals surface area contributed by atoms with E-state index in [1.54, 1.807) is 43.4 Å². The van der Waals surface area contributed by atoms with Crippen LogP contribution in [0.4, 0.5) is 11.4 Å². The lowest BCUT2D eigenvalue weighted by Crippen LogP contribution is -2.43. The van der Waals surface area contributed by atoms with Crippen molar-refractivity contribution in [1.29, 1.82) is 0 Å². The van der Waals surface area contributed by atoms with Gasteiger partial charge in [0.15, 0.2) is 5.17 Å². The molecule has 29 heavy (non-hydrogen) atoms. The second-order valence-electron chi connectivity index (χ2n) is 6.50. The molecule has 1 atom stereocenters. The molecule has 8 heteroatoms. The summed E-state index contributed by atoms with van der Waals surface area (Å²) in [5, 5.41) is 3.32. The first kappa shape index (κ1) is 21.2. The molecular formula is C21H22ClN3O3S. The topological polar surface area (TPSA) is 71.0 Å². The van der Waals surface area contributed by atoms with Crippen molar-refractivity contribution in [1.82, 2.24) is 4.90 Å². The van der Waals surface area contributed by atoms with Gasteiger partial charge in [-0.25, -0.2) is 4.99 Å². The number of benzene rings is 2. The first-order valence-corrected chi connectivity index (χ1v) is 10.5. The second-order valence-corrected chi connectivity index (χ2v) is 8.11. The molecule has 2 aromatic carbocycles. The van der Waals surface area contributed by atoms with Crippen molar-refractivity contribution in [2.75, 3.05) is 19.0 Å². The molecule has 1 aliphatic rings. The summed E-state index contributed by atoms with van der Waals surface area (Å²) in [4.78, 5) is 31.1. The van der Waals surface area contributed by atoms with Crippen molar-refractivity contribution in [3.8, 4) is 5.75 Å². The number of ether oxygens (including phenoxy) is 1. The quantitative estimate of drug-likeness (QED) is 0.718. The van der Waals surface area contributed by atoms with Crippen molar-refractivity contribution in [3.63, 3.8) is 0 Å². The van der Waals surface area contributed by atoms with E-state index >= 15 is 0 Å². The average Bonchev–Trinajstić information content (AvgIpc) is 2.70. The molecule has 0 bridgehead atoms. The molecule has 0 radical (unpaired) electrons. The molecule has 0 aromatic heterocycles. The highest BCUT2D eigenvalue weighted by Crippen LogP contribution is 2.29. The maximum atomic E-state index is 12.7. The summed E-state index contributed by atoms with van der Waals surface area (Å²) in [6, 6.07) is 14.2. The van der Waals surface area contributed by atoms with Gasteiger partial charge in [0.1, 0.15) is 11.0 Å². The van der Waals surface area contributed by atoms with Gasteiger partial charge in [-0.15, -0.1) is 0 Å². The number of halogens is 1. The number of nitrogens with zero attached hydrogens (tertiary/aromatic N) is 2. The Morgan fingerprint density at radius 1 is 1.31 bits per heavy atom. The van der Waals surface area contributed by atoms with Gasteiger partial charge in [0.25, 0.3) is 0 Å². The van der Waals surface area contributed by atoms with Gasteiger partial charge in [-0.1, -0.05) is 36.4 Å². The summed E-state index contributed by atoms with van der Waals surface area (Å²) in [7, 11) is 1.65. The maximum Gasteiger partial charge on any atom is 0.238 e. The number of hydrogen-bond donors (Lipinski definition) is 1. The Morgan fingerprint density at radius 2 is 2.07 bits per heavy atom. The number of thioether (sulfide) groups is 1. The molecule has 152 valence electrons. The molecule has 1 fully saturated rings. The van der Waals surface area contributed by atoms with Crippen LogP contribution in [0.1, 0.15) is 19.8 Å². The molecule has 0 aliphatic carbocycles. The Labute approximate surface area is 179 Å². The standard InChI is InChI=1S/C21H22ClN3O3S/c1-3-11-28-17-9-7-15(8-10-17)23-20(27)18-13-19(26)25(2)21(29-18)24-16-6-4-5-14(22)12-16/h4-10,12,18H,3,11,13H2,1-2H3,(H,23,27). The van der Waals surface area contributed by atoms with Crippen LogP contribution >= 0.6 is 23.4 Å². The van der Waals surface area contributed by atoms with E-state index in [0.29, 0.717) is 28.2 Å². The number of rotatable bonds is 6. The highest BCUT2D eigenvalue weighted by Gasteiger charge is 2.34. The van der Waals surface area contributed by atoms with Crippen LogP contribution in [0, 0.1) is 0 Å². The highest BCUT2D eigenvalue weighted by atomic mass is 35.5. The minimum absolute atomic E-state index is 0.110. The number of amidine groups is 1. The summed E-state index contributed by atoms with van der Waals surface area (Å²) >= 11 is 7.27. The maximum absolute atomic E-state index is 12.7. The fourth-order valence-corrected chi connectivity index (χ4v) is 3.88. The van der Waals surface area contributed by atoms with Crippen molar-refractivity contribution in [2.24, 2.45) is 4.99 Å². The van der Waals surface area contributed by atoms with Gasteiger partial charge in [-0.05, 0) is 48.9 Å². The molecule has 1 N–H and O–H groups in total. The Bertz CT molecular complexity index is 918. The fraction of sp³-hybridized carbons (Fsp3) is 0.286. The number of carbonyl (C=O) groups excluding carboxylic acids is 2. The van der Waals surface area contributed by atoms with E-state index in [9.17, 15) is 9.59 Å². The minimum Gasteiger partial charge on any atom is -0.494 e. The summed E-state index contributed by atoms with van der Waals surface area (Å²) < 4.78 is 5.54. The molecule has 1 heterocycles. The van der Waals surface area contributed by atoms with E-state index in [-0.39, 0.29) is 18.2 Å². The van der Waals surface area contributed by atoms with Gasteiger partial charge in [0.2, 0.25) is 11.8 Å². The van der Waals surface area contributed by atoms with Crippen molar-refractivity contribution >= 4 is 51.7 Å². The normalized spacial score (nSPS) is 18.0. The first-order valence-electron chi connectivity index (χ1n) is 9.27. The van der Waals surface area contributed by atoms with E-state index in [1.807, 2.05) is 19.1 Å². The van der Waals surface area contributed by atoms with E-state index in [1.165, 1.54) is 16.7 Å². The monoisotopic (exact) mass is 431 g/mol. The molecule has 1 aliphatic heterocycles. The lowest BCUT2D eigenvalue weighted by Gasteiger charge is -2.28. The molecule has 6 nitrogen and oxygen atoms in total. The summed E-state index contributed by atoms with van der Waals surface area (Å²) in [5.74, 6) is 0.357. The Balaban J connectivity index is 1.69. The Kier molecular flexibility index (Phi) is 7.17. The summed E-state index contributed by atoms with van der Waals surface area (Å²) in [5.41, 5.74) is 1.28. The van der Waals surface area contributed by atoms with E-state index < -0.39 is 5.25 Å². The minimum atomic E-state index is -0.562. The summed E-state index contributed by atoms with van der Waals surface area (Å²) in [6.07, 6.45) is 1.04. The van der Waals surface area contributed by atoms with Gasteiger partial charge in [0.05, 0.1) is 12.3 Å². The molecule has 1 saturated heterocycles. The van der Waals surface area contributed by atoms with Crippen LogP contribution in [0.15, 0.2) is 53.5 Å². The molecule has 0 saturated carbocycles. The van der Waals surface area contributed by atoms with Crippen molar-refractivity contribution < 1.29 is 14.3 Å². The molecule has 2 aromatic rings. The Hall–Kier alpha value is -2.51. The van der Waals surface area contributed by atoms with E-state index in [4.69, 9.17) is 16.3 Å². The second kappa shape index (κ2) is 9.80. The number of aliphatic imine (C=N–C) groups is 1. The fourth-order valence-electron chi connectivity index (χ4n) is 2.63. The third-order valence-corrected chi connectivity index (χ3v) is 5.67. The molecule has 1 unspecified atom stereocenters. The number of carbonyl (C=O) groups is 2. The van der Waals surface area contributed by atoms with Crippen LogP contribution in [-0.2, 0) is 9.59 Å². The average molecular weight is 432 g/mol. The third-order valence-electron chi connectivity index (χ3n) is 4.19. The first-order chi connectivity index (χ1) is 14.0. The van der Waals surface area contributed by atoms with Gasteiger partial charge in [-0.2, -0.15) is 0 Å². The predicted molar refractivity (Wildman–Crippen MR) is 118 cm³/mol. The van der Waals surface area contributed by atoms with Gasteiger partial charge >= 0.3 is 0 Å². The van der Waals surface area contributed by atoms with Crippen LogP contribution in [0.3, 0.4) is 0 Å². The Morgan fingerprint density at radius 3 is 2.76 bits per heavy atom. The largest absolute Gasteiger partial charge is 0.494 e. The zero-order valence-corrected chi connectivity index (χ0v) is 17.8. The molecule has 2 amide bonds. The van der Waals surface area contributed by atoms with E-state index in [2.05, 4.69) is 10.3 Å². The van der Waals surface area contributed by atoms with Crippen LogP contribution < -0.4 is 10.1 Å². The lowest BCUT2D eigenvalue weighted by atomic mass is 10.2. The van der Waals surface area contributed by atoms with Crippen molar-refractivity contribution in [2.45, 2.75) is 25.0 Å². The van der Waals surface area contributed by atoms with Crippen LogP contribution in [-0.4, -0.2) is 40.8 Å². The number of anilines is 1. The number of hydrogen-bond acceptors (Lipinski definition) is 5. The third kappa shape index (κ3) is 5.74. The number of nitrogens with one attached hydrogen (secondary N) is 1. The predicted octanol–water partition coefficient (Wildman–Crippen LogP) is 4.72. The van der Waals surface area contributed by atoms with Crippen molar-refractivity contribution in [3.05, 3.63) is 53.6 Å². The lowest BCUT2D eigenvalue weighted by molar-refractivity contribution is -0.128. The zero-order chi connectivity index (χ0) is 20.8. The number of amides is 2. The molecule has 3 rings (SSSR count). The molecule has 0 spiro atoms. The highest BCUT2D eigenvalue weighted by molar-refractivity contribution is 8.15. The van der Waals surface area contributed by atoms with Crippen LogP contribution in [0.5, 0.6) is 5.75 Å². The smallest absolute Gasteiger partial charge is 0.238 e. The van der Waals surface area contributed by atoms with Crippen LogP contribution in [0.2, 0.25) is 5.02 Å². The SMILES string of the molecule is CCCOc1ccc(NC(=O)C2CC(=O)N(C)C(=Nc3cccc(Cl)c3)S2)cc1. The molecular weight excluding hydrogens is 410 g/mol. The summed E-state index contributed by atoms with van der Waals surface area (Å²) in [6.45, 7) is 2.69. The zero-order valence-electron chi connectivity index (χ0n) is 16.2.